The van der Waals surface area contributed by atoms with Gasteiger partial charge < -0.3 is 5.32 Å². The van der Waals surface area contributed by atoms with Crippen molar-refractivity contribution < 1.29 is 9.18 Å². The molecule has 0 aromatic heterocycles. The van der Waals surface area contributed by atoms with E-state index in [1.807, 2.05) is 30.3 Å². The Labute approximate surface area is 143 Å². The van der Waals surface area contributed by atoms with Gasteiger partial charge in [-0.15, -0.1) is 11.8 Å². The van der Waals surface area contributed by atoms with Crippen LogP contribution in [-0.4, -0.2) is 16.8 Å². The fraction of sp³-hybridized carbons (Fsp3) is 0.125. The van der Waals surface area contributed by atoms with E-state index in [2.05, 4.69) is 16.2 Å². The highest BCUT2D eigenvalue weighted by Crippen LogP contribution is 2.12. The van der Waals surface area contributed by atoms with Gasteiger partial charge in [-0.2, -0.15) is 0 Å². The van der Waals surface area contributed by atoms with Gasteiger partial charge in [-0.25, -0.2) is 4.39 Å². The number of hydrogen-bond acceptors (Lipinski definition) is 3. The minimum atomic E-state index is -0.415. The lowest BCUT2D eigenvalue weighted by Gasteiger charge is -2.12. The van der Waals surface area contributed by atoms with Crippen molar-refractivity contribution in [2.75, 3.05) is 11.1 Å². The molecule has 2 aromatic carbocycles. The van der Waals surface area contributed by atoms with Crippen LogP contribution in [0.25, 0.3) is 0 Å². The fourth-order valence-corrected chi connectivity index (χ4v) is 2.66. The van der Waals surface area contributed by atoms with Gasteiger partial charge in [0.15, 0.2) is 5.11 Å². The Morgan fingerprint density at radius 1 is 1.04 bits per heavy atom. The van der Waals surface area contributed by atoms with Crippen molar-refractivity contribution in [3.05, 3.63) is 66.0 Å². The van der Waals surface area contributed by atoms with E-state index in [9.17, 15) is 9.18 Å². The summed E-state index contributed by atoms with van der Waals surface area (Å²) >= 11 is 6.49. The quantitative estimate of drug-likeness (QED) is 0.572. The molecule has 3 N–H and O–H groups in total. The summed E-state index contributed by atoms with van der Waals surface area (Å²) < 4.78 is 13.4. The van der Waals surface area contributed by atoms with Gasteiger partial charge in [0, 0.05) is 5.75 Å². The number of thiocarbonyl (C=S) groups is 1. The number of carbonyl (C=O) groups excluding carboxylic acids is 1. The topological polar surface area (TPSA) is 53.2 Å². The van der Waals surface area contributed by atoms with Crippen LogP contribution in [0.2, 0.25) is 0 Å². The average Bonchev–Trinajstić information content (AvgIpc) is 2.56. The number of rotatable bonds is 5. The number of halogens is 1. The Bertz CT molecular complexity index is 667. The van der Waals surface area contributed by atoms with Crippen molar-refractivity contribution in [2.45, 2.75) is 5.75 Å². The molecule has 0 heterocycles. The maximum absolute atomic E-state index is 13.4. The number of thioether (sulfide) groups is 1. The van der Waals surface area contributed by atoms with Gasteiger partial charge in [0.05, 0.1) is 11.4 Å². The van der Waals surface area contributed by atoms with E-state index in [4.69, 9.17) is 12.2 Å². The van der Waals surface area contributed by atoms with Crippen molar-refractivity contribution in [1.82, 2.24) is 10.9 Å². The standard InChI is InChI=1S/C16H16FN3OS2/c17-13-8-4-5-9-14(13)18-16(22)20-19-15(21)11-23-10-12-6-2-1-3-7-12/h1-9H,10-11H2,(H,19,21)(H2,18,20,22). The number of anilines is 1. The lowest BCUT2D eigenvalue weighted by atomic mass is 10.2. The molecule has 0 saturated heterocycles. The first kappa shape index (κ1) is 17.2. The Morgan fingerprint density at radius 2 is 1.74 bits per heavy atom. The fourth-order valence-electron chi connectivity index (χ4n) is 1.71. The average molecular weight is 349 g/mol. The number of benzene rings is 2. The minimum absolute atomic E-state index is 0.122. The number of amides is 1. The largest absolute Gasteiger partial charge is 0.329 e. The van der Waals surface area contributed by atoms with Crippen LogP contribution >= 0.6 is 24.0 Å². The highest BCUT2D eigenvalue weighted by molar-refractivity contribution is 7.99. The van der Waals surface area contributed by atoms with Crippen molar-refractivity contribution in [1.29, 1.82) is 0 Å². The van der Waals surface area contributed by atoms with Crippen LogP contribution in [0.3, 0.4) is 0 Å². The second-order valence-corrected chi connectivity index (χ2v) is 5.98. The molecule has 0 radical (unpaired) electrons. The highest BCUT2D eigenvalue weighted by Gasteiger charge is 2.05. The SMILES string of the molecule is O=C(CSCc1ccccc1)NNC(=S)Nc1ccccc1F. The molecule has 120 valence electrons. The molecule has 0 spiro atoms. The molecule has 0 unspecified atom stereocenters. The van der Waals surface area contributed by atoms with Crippen LogP contribution in [0.5, 0.6) is 0 Å². The summed E-state index contributed by atoms with van der Waals surface area (Å²) in [5.74, 6) is 0.432. The third kappa shape index (κ3) is 6.25. The van der Waals surface area contributed by atoms with Crippen LogP contribution < -0.4 is 16.2 Å². The molecule has 0 aliphatic heterocycles. The van der Waals surface area contributed by atoms with Crippen LogP contribution in [0, 0.1) is 5.82 Å². The first-order valence-electron chi connectivity index (χ1n) is 6.87. The second kappa shape index (κ2) is 9.12. The molecule has 1 amide bonds. The number of para-hydroxylation sites is 1. The Balaban J connectivity index is 1.66. The van der Waals surface area contributed by atoms with Crippen molar-refractivity contribution in [3.8, 4) is 0 Å². The van der Waals surface area contributed by atoms with Crippen LogP contribution in [-0.2, 0) is 10.5 Å². The molecule has 0 aliphatic rings. The molecule has 4 nitrogen and oxygen atoms in total. The van der Waals surface area contributed by atoms with Gasteiger partial charge in [0.1, 0.15) is 5.82 Å². The van der Waals surface area contributed by atoms with E-state index in [-0.39, 0.29) is 16.7 Å². The number of carbonyl (C=O) groups is 1. The van der Waals surface area contributed by atoms with Gasteiger partial charge >= 0.3 is 0 Å². The Morgan fingerprint density at radius 3 is 2.48 bits per heavy atom. The zero-order valence-corrected chi connectivity index (χ0v) is 13.8. The van der Waals surface area contributed by atoms with Crippen molar-refractivity contribution >= 4 is 40.7 Å². The van der Waals surface area contributed by atoms with E-state index in [1.54, 1.807) is 18.2 Å². The van der Waals surface area contributed by atoms with Crippen molar-refractivity contribution in [3.63, 3.8) is 0 Å². The smallest absolute Gasteiger partial charge is 0.248 e. The normalized spacial score (nSPS) is 9.96. The maximum Gasteiger partial charge on any atom is 0.248 e. The van der Waals surface area contributed by atoms with Gasteiger partial charge in [-0.1, -0.05) is 42.5 Å². The number of nitrogens with one attached hydrogen (secondary N) is 3. The first-order chi connectivity index (χ1) is 11.1. The monoisotopic (exact) mass is 349 g/mol. The zero-order chi connectivity index (χ0) is 16.5. The summed E-state index contributed by atoms with van der Waals surface area (Å²) in [6.45, 7) is 0. The third-order valence-electron chi connectivity index (χ3n) is 2.78. The predicted octanol–water partition coefficient (Wildman–Crippen LogP) is 3.08. The predicted molar refractivity (Wildman–Crippen MR) is 96.5 cm³/mol. The summed E-state index contributed by atoms with van der Waals surface area (Å²) in [6, 6.07) is 16.1. The molecule has 0 atom stereocenters. The van der Waals surface area contributed by atoms with E-state index in [0.717, 1.165) is 11.3 Å². The van der Waals surface area contributed by atoms with E-state index >= 15 is 0 Å². The molecule has 0 fully saturated rings. The van der Waals surface area contributed by atoms with Gasteiger partial charge in [0.25, 0.3) is 0 Å². The summed E-state index contributed by atoms with van der Waals surface area (Å²) in [5.41, 5.74) is 6.43. The zero-order valence-electron chi connectivity index (χ0n) is 12.2. The minimum Gasteiger partial charge on any atom is -0.329 e. The molecule has 2 aromatic rings. The summed E-state index contributed by atoms with van der Waals surface area (Å²) in [7, 11) is 0. The molecule has 2 rings (SSSR count). The van der Waals surface area contributed by atoms with Gasteiger partial charge in [-0.05, 0) is 29.9 Å². The van der Waals surface area contributed by atoms with E-state index < -0.39 is 5.82 Å². The van der Waals surface area contributed by atoms with Crippen LogP contribution in [0.15, 0.2) is 54.6 Å². The van der Waals surface area contributed by atoms with E-state index in [0.29, 0.717) is 5.75 Å². The lowest BCUT2D eigenvalue weighted by molar-refractivity contribution is -0.119. The van der Waals surface area contributed by atoms with E-state index in [1.165, 1.54) is 17.8 Å². The summed E-state index contributed by atoms with van der Waals surface area (Å²) in [5, 5.41) is 2.79. The Hall–Kier alpha value is -2.12. The summed E-state index contributed by atoms with van der Waals surface area (Å²) in [6.07, 6.45) is 0. The third-order valence-corrected chi connectivity index (χ3v) is 3.99. The molecule has 0 saturated carbocycles. The maximum atomic E-state index is 13.4. The molecular formula is C16H16FN3OS2. The van der Waals surface area contributed by atoms with Crippen molar-refractivity contribution in [2.24, 2.45) is 0 Å². The molecule has 0 aliphatic carbocycles. The number of hydrazine groups is 1. The number of hydrogen-bond donors (Lipinski definition) is 3. The molecule has 23 heavy (non-hydrogen) atoms. The van der Waals surface area contributed by atoms with Gasteiger partial charge in [-0.3, -0.25) is 15.6 Å². The van der Waals surface area contributed by atoms with Crippen LogP contribution in [0.1, 0.15) is 5.56 Å². The lowest BCUT2D eigenvalue weighted by Crippen LogP contribution is -2.44. The Kier molecular flexibility index (Phi) is 6.83. The summed E-state index contributed by atoms with van der Waals surface area (Å²) in [4.78, 5) is 11.7. The van der Waals surface area contributed by atoms with Crippen LogP contribution in [0.4, 0.5) is 10.1 Å². The molecule has 0 bridgehead atoms. The molecular weight excluding hydrogens is 333 g/mol. The van der Waals surface area contributed by atoms with Gasteiger partial charge in [0.2, 0.25) is 5.91 Å². The first-order valence-corrected chi connectivity index (χ1v) is 8.43. The second-order valence-electron chi connectivity index (χ2n) is 4.59. The highest BCUT2D eigenvalue weighted by atomic mass is 32.2. The molecule has 7 heteroatoms.